The molecule has 0 radical (unpaired) electrons. The second-order valence-corrected chi connectivity index (χ2v) is 3.77. The largest absolute Gasteiger partial charge is 0.494 e. The Balaban J connectivity index is 2.54. The van der Waals surface area contributed by atoms with Gasteiger partial charge in [-0.3, -0.25) is 0 Å². The molecule has 0 fully saturated rings. The molecule has 0 amide bonds. The predicted octanol–water partition coefficient (Wildman–Crippen LogP) is 3.15. The summed E-state index contributed by atoms with van der Waals surface area (Å²) in [6.07, 6.45) is 1.01. The zero-order valence-electron chi connectivity index (χ0n) is 9.37. The Bertz CT molecular complexity index is 273. The summed E-state index contributed by atoms with van der Waals surface area (Å²) in [4.78, 5) is 2.19. The van der Waals surface area contributed by atoms with Gasteiger partial charge in [-0.1, -0.05) is 0 Å². The first-order chi connectivity index (χ1) is 7.27. The maximum atomic E-state index is 5.65. The quantitative estimate of drug-likeness (QED) is 0.693. The summed E-state index contributed by atoms with van der Waals surface area (Å²) in [7, 11) is 2.07. The molecule has 15 heavy (non-hydrogen) atoms. The number of ether oxygens (including phenoxy) is 1. The van der Waals surface area contributed by atoms with Crippen LogP contribution < -0.4 is 9.64 Å². The fraction of sp³-hybridized carbons (Fsp3) is 0.500. The number of hydrogen-bond acceptors (Lipinski definition) is 2. The van der Waals surface area contributed by atoms with Crippen LogP contribution in [0, 0.1) is 0 Å². The van der Waals surface area contributed by atoms with Crippen LogP contribution in [-0.2, 0) is 0 Å². The molecule has 1 rings (SSSR count). The topological polar surface area (TPSA) is 12.5 Å². The van der Waals surface area contributed by atoms with Gasteiger partial charge in [0.15, 0.2) is 0 Å². The third kappa shape index (κ3) is 4.00. The molecular weight excluding hydrogens is 210 g/mol. The number of nitrogens with zero attached hydrogens (tertiary/aromatic N) is 1. The van der Waals surface area contributed by atoms with Crippen LogP contribution in [0.3, 0.4) is 0 Å². The van der Waals surface area contributed by atoms with Crippen LogP contribution in [0.25, 0.3) is 0 Å². The highest BCUT2D eigenvalue weighted by Crippen LogP contribution is 2.18. The van der Waals surface area contributed by atoms with Crippen molar-refractivity contribution in [2.75, 3.05) is 31.0 Å². The number of benzene rings is 1. The van der Waals surface area contributed by atoms with E-state index in [0.717, 1.165) is 18.7 Å². The monoisotopic (exact) mass is 227 g/mol. The highest BCUT2D eigenvalue weighted by atomic mass is 35.5. The molecule has 0 unspecified atom stereocenters. The van der Waals surface area contributed by atoms with Crippen molar-refractivity contribution in [3.63, 3.8) is 0 Å². The van der Waals surface area contributed by atoms with Crippen LogP contribution in [0.15, 0.2) is 24.3 Å². The first-order valence-electron chi connectivity index (χ1n) is 5.28. The normalized spacial score (nSPS) is 10.1. The molecule has 84 valence electrons. The van der Waals surface area contributed by atoms with Crippen molar-refractivity contribution >= 4 is 17.3 Å². The molecule has 0 aromatic heterocycles. The second-order valence-electron chi connectivity index (χ2n) is 3.39. The van der Waals surface area contributed by atoms with E-state index in [0.29, 0.717) is 12.5 Å². The van der Waals surface area contributed by atoms with E-state index < -0.39 is 0 Å². The average Bonchev–Trinajstić information content (AvgIpc) is 2.27. The summed E-state index contributed by atoms with van der Waals surface area (Å²) < 4.78 is 5.38. The van der Waals surface area contributed by atoms with E-state index >= 15 is 0 Å². The minimum atomic E-state index is 0.710. The maximum absolute atomic E-state index is 5.65. The number of hydrogen-bond donors (Lipinski definition) is 0. The van der Waals surface area contributed by atoms with Gasteiger partial charge in [-0.25, -0.2) is 0 Å². The van der Waals surface area contributed by atoms with Crippen molar-refractivity contribution in [3.05, 3.63) is 24.3 Å². The van der Waals surface area contributed by atoms with Gasteiger partial charge in [0.2, 0.25) is 0 Å². The Morgan fingerprint density at radius 2 is 1.93 bits per heavy atom. The lowest BCUT2D eigenvalue weighted by Crippen LogP contribution is -2.18. The van der Waals surface area contributed by atoms with Gasteiger partial charge in [-0.2, -0.15) is 0 Å². The fourth-order valence-corrected chi connectivity index (χ4v) is 1.51. The highest BCUT2D eigenvalue weighted by Gasteiger charge is 2.00. The number of halogens is 1. The van der Waals surface area contributed by atoms with E-state index in [9.17, 15) is 0 Å². The molecule has 1 aromatic rings. The van der Waals surface area contributed by atoms with Gasteiger partial charge in [-0.05, 0) is 37.6 Å². The maximum Gasteiger partial charge on any atom is 0.119 e. The fourth-order valence-electron chi connectivity index (χ4n) is 1.39. The molecule has 0 aliphatic heterocycles. The molecule has 2 nitrogen and oxygen atoms in total. The molecule has 0 atom stereocenters. The van der Waals surface area contributed by atoms with Crippen molar-refractivity contribution in [2.45, 2.75) is 13.3 Å². The van der Waals surface area contributed by atoms with Crippen LogP contribution >= 0.6 is 11.6 Å². The molecule has 0 heterocycles. The lowest BCUT2D eigenvalue weighted by Gasteiger charge is -2.18. The van der Waals surface area contributed by atoms with Crippen molar-refractivity contribution in [2.24, 2.45) is 0 Å². The predicted molar refractivity (Wildman–Crippen MR) is 66.2 cm³/mol. The van der Waals surface area contributed by atoms with E-state index in [-0.39, 0.29) is 0 Å². The summed E-state index contributed by atoms with van der Waals surface area (Å²) in [6, 6.07) is 8.13. The first kappa shape index (κ1) is 12.2. The van der Waals surface area contributed by atoms with Crippen molar-refractivity contribution in [1.82, 2.24) is 0 Å². The minimum absolute atomic E-state index is 0.710. The highest BCUT2D eigenvalue weighted by molar-refractivity contribution is 6.17. The molecule has 0 saturated carbocycles. The number of alkyl halides is 1. The summed E-state index contributed by atoms with van der Waals surface area (Å²) in [5.41, 5.74) is 1.20. The Morgan fingerprint density at radius 1 is 1.27 bits per heavy atom. The van der Waals surface area contributed by atoms with Crippen LogP contribution in [-0.4, -0.2) is 26.1 Å². The smallest absolute Gasteiger partial charge is 0.119 e. The number of anilines is 1. The van der Waals surface area contributed by atoms with E-state index in [4.69, 9.17) is 16.3 Å². The minimum Gasteiger partial charge on any atom is -0.494 e. The van der Waals surface area contributed by atoms with E-state index in [2.05, 4.69) is 24.1 Å². The van der Waals surface area contributed by atoms with Crippen molar-refractivity contribution in [1.29, 1.82) is 0 Å². The van der Waals surface area contributed by atoms with Crippen LogP contribution in [0.1, 0.15) is 13.3 Å². The Kier molecular flexibility index (Phi) is 5.33. The molecule has 1 aromatic carbocycles. The molecule has 3 heteroatoms. The lowest BCUT2D eigenvalue weighted by molar-refractivity contribution is 0.340. The van der Waals surface area contributed by atoms with Gasteiger partial charge in [-0.15, -0.1) is 11.6 Å². The standard InChI is InChI=1S/C12H18ClNO/c1-3-15-12-7-5-11(6-8-12)14(2)10-4-9-13/h5-8H,3-4,9-10H2,1-2H3. The Morgan fingerprint density at radius 3 is 2.47 bits per heavy atom. The van der Waals surface area contributed by atoms with E-state index in [1.807, 2.05) is 19.1 Å². The van der Waals surface area contributed by atoms with Gasteiger partial charge >= 0.3 is 0 Å². The summed E-state index contributed by atoms with van der Waals surface area (Å²) >= 11 is 5.65. The SMILES string of the molecule is CCOc1ccc(N(C)CCCCl)cc1. The van der Waals surface area contributed by atoms with Gasteiger partial charge in [0.05, 0.1) is 6.61 Å². The van der Waals surface area contributed by atoms with E-state index in [1.165, 1.54) is 5.69 Å². The summed E-state index contributed by atoms with van der Waals surface area (Å²) in [5.74, 6) is 1.63. The zero-order valence-corrected chi connectivity index (χ0v) is 10.1. The third-order valence-electron chi connectivity index (χ3n) is 2.22. The average molecular weight is 228 g/mol. The first-order valence-corrected chi connectivity index (χ1v) is 5.81. The Hall–Kier alpha value is -0.890. The third-order valence-corrected chi connectivity index (χ3v) is 2.48. The van der Waals surface area contributed by atoms with E-state index in [1.54, 1.807) is 0 Å². The van der Waals surface area contributed by atoms with Crippen molar-refractivity contribution in [3.8, 4) is 5.75 Å². The summed E-state index contributed by atoms with van der Waals surface area (Å²) in [6.45, 7) is 3.68. The molecule has 0 N–H and O–H groups in total. The molecule has 0 spiro atoms. The molecule has 0 aliphatic carbocycles. The molecule has 0 bridgehead atoms. The van der Waals surface area contributed by atoms with Crippen LogP contribution in [0.4, 0.5) is 5.69 Å². The molecular formula is C12H18ClNO. The van der Waals surface area contributed by atoms with Gasteiger partial charge in [0.1, 0.15) is 5.75 Å². The van der Waals surface area contributed by atoms with Crippen molar-refractivity contribution < 1.29 is 4.74 Å². The van der Waals surface area contributed by atoms with Gasteiger partial charge in [0.25, 0.3) is 0 Å². The van der Waals surface area contributed by atoms with Gasteiger partial charge < -0.3 is 9.64 Å². The lowest BCUT2D eigenvalue weighted by atomic mass is 10.2. The van der Waals surface area contributed by atoms with Crippen LogP contribution in [0.5, 0.6) is 5.75 Å². The molecule has 0 aliphatic rings. The summed E-state index contributed by atoms with van der Waals surface area (Å²) in [5, 5.41) is 0. The number of rotatable bonds is 6. The zero-order chi connectivity index (χ0) is 11.1. The Labute approximate surface area is 96.8 Å². The second kappa shape index (κ2) is 6.57. The molecule has 0 saturated heterocycles. The van der Waals surface area contributed by atoms with Gasteiger partial charge in [0, 0.05) is 25.2 Å². The van der Waals surface area contributed by atoms with Crippen LogP contribution in [0.2, 0.25) is 0 Å².